The van der Waals surface area contributed by atoms with Crippen LogP contribution in [-0.2, 0) is 10.0 Å². The highest BCUT2D eigenvalue weighted by Crippen LogP contribution is 2.37. The molecule has 17 heavy (non-hydrogen) atoms. The molecule has 0 bridgehead atoms. The van der Waals surface area contributed by atoms with Gasteiger partial charge < -0.3 is 5.32 Å². The van der Waals surface area contributed by atoms with Crippen LogP contribution in [0, 0.1) is 11.3 Å². The topological polar surface area (TPSA) is 72.2 Å². The Morgan fingerprint density at radius 1 is 1.18 bits per heavy atom. The lowest BCUT2D eigenvalue weighted by atomic mass is 9.71. The summed E-state index contributed by atoms with van der Waals surface area (Å²) in [6, 6.07) is 0.468. The zero-order chi connectivity index (χ0) is 13.1. The lowest BCUT2D eigenvalue weighted by molar-refractivity contribution is 0.161. The Labute approximate surface area is 105 Å². The monoisotopic (exact) mass is 262 g/mol. The van der Waals surface area contributed by atoms with Gasteiger partial charge in [-0.25, -0.2) is 13.6 Å². The van der Waals surface area contributed by atoms with Crippen LogP contribution in [0.25, 0.3) is 0 Å². The molecule has 4 nitrogen and oxygen atoms in total. The van der Waals surface area contributed by atoms with Gasteiger partial charge in [0, 0.05) is 12.6 Å². The zero-order valence-electron chi connectivity index (χ0n) is 11.2. The van der Waals surface area contributed by atoms with Gasteiger partial charge in [0.1, 0.15) is 0 Å². The fourth-order valence-corrected chi connectivity index (χ4v) is 2.97. The van der Waals surface area contributed by atoms with Crippen molar-refractivity contribution in [2.24, 2.45) is 16.5 Å². The molecular weight excluding hydrogens is 236 g/mol. The molecule has 0 heterocycles. The molecule has 0 aromatic rings. The molecule has 102 valence electrons. The summed E-state index contributed by atoms with van der Waals surface area (Å²) in [5.74, 6) is 0.824. The third-order valence-electron chi connectivity index (χ3n) is 3.77. The second-order valence-electron chi connectivity index (χ2n) is 6.24. The number of hydrogen-bond donors (Lipinski definition) is 2. The van der Waals surface area contributed by atoms with Gasteiger partial charge in [-0.3, -0.25) is 0 Å². The Morgan fingerprint density at radius 2 is 1.71 bits per heavy atom. The van der Waals surface area contributed by atoms with Crippen molar-refractivity contribution in [2.45, 2.75) is 52.5 Å². The summed E-state index contributed by atoms with van der Waals surface area (Å²) < 4.78 is 21.6. The lowest BCUT2D eigenvalue weighted by Gasteiger charge is -2.37. The maximum Gasteiger partial charge on any atom is 0.210 e. The molecule has 1 aliphatic carbocycles. The minimum atomic E-state index is -3.32. The highest BCUT2D eigenvalue weighted by molar-refractivity contribution is 7.89. The Kier molecular flexibility index (Phi) is 4.98. The normalized spacial score (nSPS) is 27.1. The zero-order valence-corrected chi connectivity index (χ0v) is 12.0. The Hall–Kier alpha value is -0.130. The molecule has 0 atom stereocenters. The van der Waals surface area contributed by atoms with Crippen molar-refractivity contribution in [3.63, 3.8) is 0 Å². The fraction of sp³-hybridized carbons (Fsp3) is 1.00. The minimum Gasteiger partial charge on any atom is -0.313 e. The van der Waals surface area contributed by atoms with E-state index in [0.717, 1.165) is 18.8 Å². The van der Waals surface area contributed by atoms with Crippen LogP contribution in [-0.4, -0.2) is 26.8 Å². The third-order valence-corrected chi connectivity index (χ3v) is 4.54. The highest BCUT2D eigenvalue weighted by atomic mass is 32.2. The van der Waals surface area contributed by atoms with Crippen LogP contribution in [0.15, 0.2) is 0 Å². The number of nitrogens with two attached hydrogens (primary N) is 1. The largest absolute Gasteiger partial charge is 0.313 e. The summed E-state index contributed by atoms with van der Waals surface area (Å²) in [4.78, 5) is 0. The van der Waals surface area contributed by atoms with E-state index in [-0.39, 0.29) is 5.75 Å². The van der Waals surface area contributed by atoms with E-state index in [4.69, 9.17) is 5.14 Å². The van der Waals surface area contributed by atoms with E-state index >= 15 is 0 Å². The van der Waals surface area contributed by atoms with Gasteiger partial charge in [-0.15, -0.1) is 0 Å². The van der Waals surface area contributed by atoms with Crippen molar-refractivity contribution in [3.05, 3.63) is 0 Å². The molecule has 3 N–H and O–H groups in total. The van der Waals surface area contributed by atoms with Crippen molar-refractivity contribution in [1.29, 1.82) is 0 Å². The molecule has 1 fully saturated rings. The second-order valence-corrected chi connectivity index (χ2v) is 7.97. The summed E-state index contributed by atoms with van der Waals surface area (Å²) in [6.07, 6.45) is 4.76. The summed E-state index contributed by atoms with van der Waals surface area (Å²) in [5, 5.41) is 8.25. The van der Waals surface area contributed by atoms with E-state index in [1.165, 1.54) is 12.8 Å². The first-order valence-corrected chi connectivity index (χ1v) is 8.14. The highest BCUT2D eigenvalue weighted by Gasteiger charge is 2.29. The first kappa shape index (κ1) is 14.9. The van der Waals surface area contributed by atoms with E-state index in [1.807, 2.05) is 0 Å². The Morgan fingerprint density at radius 3 is 2.12 bits per heavy atom. The summed E-state index contributed by atoms with van der Waals surface area (Å²) in [7, 11) is -3.32. The van der Waals surface area contributed by atoms with Gasteiger partial charge in [0.15, 0.2) is 0 Å². The van der Waals surface area contributed by atoms with Crippen LogP contribution in [0.5, 0.6) is 0 Å². The van der Waals surface area contributed by atoms with Gasteiger partial charge in [-0.2, -0.15) is 0 Å². The molecule has 1 aliphatic rings. The van der Waals surface area contributed by atoms with Crippen LogP contribution >= 0.6 is 0 Å². The van der Waals surface area contributed by atoms with E-state index < -0.39 is 10.0 Å². The van der Waals surface area contributed by atoms with Crippen LogP contribution in [0.4, 0.5) is 0 Å². The van der Waals surface area contributed by atoms with Gasteiger partial charge >= 0.3 is 0 Å². The number of primary sulfonamides is 1. The average Bonchev–Trinajstić information content (AvgIpc) is 2.15. The molecule has 0 spiro atoms. The number of hydrogen-bond acceptors (Lipinski definition) is 3. The van der Waals surface area contributed by atoms with E-state index in [9.17, 15) is 8.42 Å². The van der Waals surface area contributed by atoms with E-state index in [1.54, 1.807) is 0 Å². The van der Waals surface area contributed by atoms with Crippen LogP contribution < -0.4 is 10.5 Å². The Balaban J connectivity index is 2.24. The van der Waals surface area contributed by atoms with E-state index in [0.29, 0.717) is 18.0 Å². The van der Waals surface area contributed by atoms with Crippen molar-refractivity contribution < 1.29 is 8.42 Å². The van der Waals surface area contributed by atoms with Crippen LogP contribution in [0.3, 0.4) is 0 Å². The number of sulfonamides is 1. The van der Waals surface area contributed by atoms with Crippen molar-refractivity contribution in [3.8, 4) is 0 Å². The molecular formula is C12H26N2O2S. The average molecular weight is 262 g/mol. The first-order chi connectivity index (χ1) is 7.68. The van der Waals surface area contributed by atoms with E-state index in [2.05, 4.69) is 26.1 Å². The summed E-state index contributed by atoms with van der Waals surface area (Å²) in [6.45, 7) is 7.37. The molecule has 0 aromatic carbocycles. The van der Waals surface area contributed by atoms with Gasteiger partial charge in [-0.05, 0) is 37.0 Å². The first-order valence-electron chi connectivity index (χ1n) is 6.42. The van der Waals surface area contributed by atoms with Crippen molar-refractivity contribution in [2.75, 3.05) is 12.3 Å². The fourth-order valence-electron chi connectivity index (χ4n) is 2.57. The molecule has 0 radical (unpaired) electrons. The molecule has 0 unspecified atom stereocenters. The minimum absolute atomic E-state index is 0.0339. The maximum atomic E-state index is 10.8. The third kappa shape index (κ3) is 5.84. The second kappa shape index (κ2) is 5.67. The number of nitrogens with one attached hydrogen (secondary N) is 1. The molecule has 5 heteroatoms. The SMILES string of the molecule is CC(C)(C)C1CCC(NCCS(N)(=O)=O)CC1. The smallest absolute Gasteiger partial charge is 0.210 e. The molecule has 0 saturated heterocycles. The molecule has 0 aliphatic heterocycles. The van der Waals surface area contributed by atoms with Gasteiger partial charge in [0.05, 0.1) is 5.75 Å². The standard InChI is InChI=1S/C12H26N2O2S/c1-12(2,3)10-4-6-11(7-5-10)14-8-9-17(13,15)16/h10-11,14H,4-9H2,1-3H3,(H2,13,15,16). The van der Waals surface area contributed by atoms with Gasteiger partial charge in [0.25, 0.3) is 0 Å². The molecule has 1 rings (SSSR count). The van der Waals surface area contributed by atoms with Gasteiger partial charge in [0.2, 0.25) is 10.0 Å². The summed E-state index contributed by atoms with van der Waals surface area (Å²) in [5.41, 5.74) is 0.394. The molecule has 0 aromatic heterocycles. The molecule has 0 amide bonds. The predicted octanol–water partition coefficient (Wildman–Crippen LogP) is 1.47. The quantitative estimate of drug-likeness (QED) is 0.806. The van der Waals surface area contributed by atoms with Gasteiger partial charge in [-0.1, -0.05) is 20.8 Å². The Bertz CT molecular complexity index is 325. The van der Waals surface area contributed by atoms with Crippen molar-refractivity contribution >= 4 is 10.0 Å². The van der Waals surface area contributed by atoms with Crippen LogP contribution in [0.2, 0.25) is 0 Å². The maximum absolute atomic E-state index is 10.8. The van der Waals surface area contributed by atoms with Crippen LogP contribution in [0.1, 0.15) is 46.5 Å². The summed E-state index contributed by atoms with van der Waals surface area (Å²) >= 11 is 0. The number of rotatable bonds is 4. The predicted molar refractivity (Wildman–Crippen MR) is 71.2 cm³/mol. The van der Waals surface area contributed by atoms with Crippen molar-refractivity contribution in [1.82, 2.24) is 5.32 Å². The molecule has 1 saturated carbocycles. The lowest BCUT2D eigenvalue weighted by Crippen LogP contribution is -2.39.